The van der Waals surface area contributed by atoms with Gasteiger partial charge in [0.2, 0.25) is 15.8 Å². The molecule has 1 atom stereocenters. The fourth-order valence-corrected chi connectivity index (χ4v) is 4.98. The van der Waals surface area contributed by atoms with Gasteiger partial charge in [0.1, 0.15) is 6.29 Å². The number of rotatable bonds is 7. The highest BCUT2D eigenvalue weighted by Crippen LogP contribution is 2.38. The van der Waals surface area contributed by atoms with Crippen LogP contribution in [0.2, 0.25) is 0 Å². The third kappa shape index (κ3) is 4.44. The topological polar surface area (TPSA) is 116 Å². The van der Waals surface area contributed by atoms with E-state index in [-0.39, 0.29) is 28.1 Å². The molecule has 1 aliphatic heterocycles. The molecule has 10 heteroatoms. The summed E-state index contributed by atoms with van der Waals surface area (Å²) < 4.78 is 38.1. The number of benzene rings is 2. The Bertz CT molecular complexity index is 1070. The standard InChI is InChI=1S/C20H22N2O7S/c1-14-4-3-9-21(12-14)30(26,27)16-6-8-18(17(11-16)22(24)25)29-19-7-5-15(13-23)10-20(19)28-2/h5-8,10-11,13-14H,3-4,9,12H2,1-2H3. The third-order valence-electron chi connectivity index (χ3n) is 4.93. The van der Waals surface area contributed by atoms with E-state index in [9.17, 15) is 23.3 Å². The van der Waals surface area contributed by atoms with Gasteiger partial charge < -0.3 is 9.47 Å². The van der Waals surface area contributed by atoms with Gasteiger partial charge in [-0.1, -0.05) is 6.92 Å². The molecular weight excluding hydrogens is 412 g/mol. The number of nitro benzene ring substituents is 1. The predicted molar refractivity (Wildman–Crippen MR) is 109 cm³/mol. The first-order valence-corrected chi connectivity index (χ1v) is 10.8. The van der Waals surface area contributed by atoms with Gasteiger partial charge in [-0.2, -0.15) is 4.31 Å². The Kier molecular flexibility index (Phi) is 6.37. The normalized spacial score (nSPS) is 17.3. The molecular formula is C20H22N2O7S. The Hall–Kier alpha value is -2.98. The summed E-state index contributed by atoms with van der Waals surface area (Å²) in [5.41, 5.74) is -0.131. The van der Waals surface area contributed by atoms with Crippen molar-refractivity contribution >= 4 is 22.0 Å². The molecule has 0 saturated carbocycles. The summed E-state index contributed by atoms with van der Waals surface area (Å²) in [5, 5.41) is 11.6. The fourth-order valence-electron chi connectivity index (χ4n) is 3.36. The Morgan fingerprint density at radius 2 is 1.90 bits per heavy atom. The summed E-state index contributed by atoms with van der Waals surface area (Å²) in [4.78, 5) is 21.7. The minimum atomic E-state index is -3.85. The number of ether oxygens (including phenoxy) is 2. The van der Waals surface area contributed by atoms with E-state index in [2.05, 4.69) is 0 Å². The van der Waals surface area contributed by atoms with Crippen molar-refractivity contribution in [2.24, 2.45) is 5.92 Å². The van der Waals surface area contributed by atoms with E-state index >= 15 is 0 Å². The number of hydrogen-bond acceptors (Lipinski definition) is 7. The highest BCUT2D eigenvalue weighted by Gasteiger charge is 2.31. The van der Waals surface area contributed by atoms with Crippen molar-refractivity contribution in [2.75, 3.05) is 20.2 Å². The maximum absolute atomic E-state index is 13.0. The summed E-state index contributed by atoms with van der Waals surface area (Å²) in [5.74, 6) is 0.468. The lowest BCUT2D eigenvalue weighted by Crippen LogP contribution is -2.39. The third-order valence-corrected chi connectivity index (χ3v) is 6.79. The van der Waals surface area contributed by atoms with Crippen LogP contribution >= 0.6 is 0 Å². The molecule has 0 aromatic heterocycles. The Labute approximate surface area is 174 Å². The SMILES string of the molecule is COc1cc(C=O)ccc1Oc1ccc(S(=O)(=O)N2CCCC(C)C2)cc1[N+](=O)[O-]. The van der Waals surface area contributed by atoms with Crippen LogP contribution in [0.1, 0.15) is 30.1 Å². The second-order valence-corrected chi connectivity index (χ2v) is 9.07. The smallest absolute Gasteiger partial charge is 0.312 e. The van der Waals surface area contributed by atoms with E-state index < -0.39 is 20.6 Å². The number of piperidine rings is 1. The van der Waals surface area contributed by atoms with Crippen LogP contribution in [0, 0.1) is 16.0 Å². The minimum absolute atomic E-state index is 0.136. The Balaban J connectivity index is 1.97. The van der Waals surface area contributed by atoms with Crippen molar-refractivity contribution < 1.29 is 27.6 Å². The van der Waals surface area contributed by atoms with Crippen LogP contribution in [0.15, 0.2) is 41.3 Å². The zero-order valence-electron chi connectivity index (χ0n) is 16.6. The second kappa shape index (κ2) is 8.80. The first-order chi connectivity index (χ1) is 14.3. The highest BCUT2D eigenvalue weighted by atomic mass is 32.2. The monoisotopic (exact) mass is 434 g/mol. The van der Waals surface area contributed by atoms with Crippen LogP contribution in [0.4, 0.5) is 5.69 Å². The number of aldehydes is 1. The fraction of sp³-hybridized carbons (Fsp3) is 0.350. The van der Waals surface area contributed by atoms with E-state index in [1.807, 2.05) is 6.92 Å². The molecule has 3 rings (SSSR count). The average molecular weight is 434 g/mol. The molecule has 0 aliphatic carbocycles. The number of nitro groups is 1. The molecule has 2 aromatic rings. The zero-order valence-corrected chi connectivity index (χ0v) is 17.4. The Morgan fingerprint density at radius 3 is 2.53 bits per heavy atom. The van der Waals surface area contributed by atoms with Crippen LogP contribution in [-0.4, -0.2) is 44.1 Å². The van der Waals surface area contributed by atoms with Crippen LogP contribution in [0.5, 0.6) is 17.2 Å². The van der Waals surface area contributed by atoms with Gasteiger partial charge in [-0.15, -0.1) is 0 Å². The van der Waals surface area contributed by atoms with Gasteiger partial charge >= 0.3 is 5.69 Å². The molecule has 1 unspecified atom stereocenters. The number of carbonyl (C=O) groups excluding carboxylic acids is 1. The number of methoxy groups -OCH3 is 1. The summed E-state index contributed by atoms with van der Waals surface area (Å²) in [6.07, 6.45) is 2.33. The summed E-state index contributed by atoms with van der Waals surface area (Å²) in [7, 11) is -2.48. The zero-order chi connectivity index (χ0) is 21.9. The number of carbonyl (C=O) groups is 1. The molecule has 0 amide bonds. The lowest BCUT2D eigenvalue weighted by molar-refractivity contribution is -0.385. The summed E-state index contributed by atoms with van der Waals surface area (Å²) in [6.45, 7) is 2.75. The highest BCUT2D eigenvalue weighted by molar-refractivity contribution is 7.89. The molecule has 2 aromatic carbocycles. The van der Waals surface area contributed by atoms with Gasteiger partial charge in [-0.25, -0.2) is 8.42 Å². The number of nitrogens with zero attached hydrogens (tertiary/aromatic N) is 2. The van der Waals surface area contributed by atoms with Crippen LogP contribution < -0.4 is 9.47 Å². The molecule has 1 aliphatic rings. The van der Waals surface area contributed by atoms with Crippen molar-refractivity contribution in [2.45, 2.75) is 24.7 Å². The van der Waals surface area contributed by atoms with Crippen molar-refractivity contribution in [3.8, 4) is 17.2 Å². The van der Waals surface area contributed by atoms with E-state index in [1.54, 1.807) is 0 Å². The van der Waals surface area contributed by atoms with Gasteiger partial charge in [0.25, 0.3) is 0 Å². The first kappa shape index (κ1) is 21.7. The number of hydrogen-bond donors (Lipinski definition) is 0. The molecule has 0 spiro atoms. The number of sulfonamides is 1. The largest absolute Gasteiger partial charge is 0.493 e. The van der Waals surface area contributed by atoms with Crippen molar-refractivity contribution in [1.29, 1.82) is 0 Å². The van der Waals surface area contributed by atoms with E-state index in [0.717, 1.165) is 18.9 Å². The Morgan fingerprint density at radius 1 is 1.17 bits per heavy atom. The quantitative estimate of drug-likeness (QED) is 0.371. The molecule has 160 valence electrons. The predicted octanol–water partition coefficient (Wildman–Crippen LogP) is 3.63. The van der Waals surface area contributed by atoms with Crippen molar-refractivity contribution in [1.82, 2.24) is 4.31 Å². The minimum Gasteiger partial charge on any atom is -0.493 e. The molecule has 0 radical (unpaired) electrons. The van der Waals surface area contributed by atoms with Gasteiger partial charge in [-0.3, -0.25) is 14.9 Å². The van der Waals surface area contributed by atoms with Gasteiger partial charge in [-0.05, 0) is 49.1 Å². The second-order valence-electron chi connectivity index (χ2n) is 7.13. The van der Waals surface area contributed by atoms with Crippen LogP contribution in [-0.2, 0) is 10.0 Å². The summed E-state index contributed by atoms with van der Waals surface area (Å²) in [6, 6.07) is 7.93. The molecule has 9 nitrogen and oxygen atoms in total. The maximum atomic E-state index is 13.0. The maximum Gasteiger partial charge on any atom is 0.312 e. The molecule has 1 fully saturated rings. The first-order valence-electron chi connectivity index (χ1n) is 9.36. The van der Waals surface area contributed by atoms with Gasteiger partial charge in [0, 0.05) is 24.7 Å². The molecule has 0 bridgehead atoms. The lowest BCUT2D eigenvalue weighted by Gasteiger charge is -2.30. The molecule has 1 saturated heterocycles. The van der Waals surface area contributed by atoms with Gasteiger partial charge in [0.15, 0.2) is 11.5 Å². The molecule has 1 heterocycles. The van der Waals surface area contributed by atoms with Crippen LogP contribution in [0.25, 0.3) is 0 Å². The van der Waals surface area contributed by atoms with Crippen LogP contribution in [0.3, 0.4) is 0 Å². The van der Waals surface area contributed by atoms with Crippen molar-refractivity contribution in [3.63, 3.8) is 0 Å². The average Bonchev–Trinajstić information content (AvgIpc) is 2.74. The van der Waals surface area contributed by atoms with E-state index in [4.69, 9.17) is 9.47 Å². The van der Waals surface area contributed by atoms with E-state index in [1.165, 1.54) is 41.7 Å². The molecule has 30 heavy (non-hydrogen) atoms. The van der Waals surface area contributed by atoms with Crippen molar-refractivity contribution in [3.05, 3.63) is 52.1 Å². The molecule has 0 N–H and O–H groups in total. The van der Waals surface area contributed by atoms with E-state index in [0.29, 0.717) is 24.9 Å². The lowest BCUT2D eigenvalue weighted by atomic mass is 10.0. The summed E-state index contributed by atoms with van der Waals surface area (Å²) >= 11 is 0. The van der Waals surface area contributed by atoms with Gasteiger partial charge in [0.05, 0.1) is 16.9 Å².